The van der Waals surface area contributed by atoms with Gasteiger partial charge in [0.15, 0.2) is 0 Å². The summed E-state index contributed by atoms with van der Waals surface area (Å²) < 4.78 is 0. The highest BCUT2D eigenvalue weighted by atomic mass is 35.5. The van der Waals surface area contributed by atoms with Crippen molar-refractivity contribution in [1.82, 2.24) is 5.32 Å². The van der Waals surface area contributed by atoms with Crippen molar-refractivity contribution >= 4 is 34.8 Å². The zero-order chi connectivity index (χ0) is 14.0. The number of hydrogen-bond acceptors (Lipinski definition) is 3. The summed E-state index contributed by atoms with van der Waals surface area (Å²) in [7, 11) is 0. The number of amides is 1. The Kier molecular flexibility index (Phi) is 4.27. The molecule has 5 nitrogen and oxygen atoms in total. The smallest absolute Gasteiger partial charge is 0.283 e. The number of halogens is 2. The van der Waals surface area contributed by atoms with Crippen LogP contribution in [0.15, 0.2) is 18.2 Å². The van der Waals surface area contributed by atoms with Crippen molar-refractivity contribution in [2.75, 3.05) is 6.54 Å². The first-order valence-electron chi connectivity index (χ1n) is 5.85. The normalized spacial score (nSPS) is 15.9. The van der Waals surface area contributed by atoms with Crippen molar-refractivity contribution in [2.45, 2.75) is 18.2 Å². The van der Waals surface area contributed by atoms with Gasteiger partial charge in [0.1, 0.15) is 5.56 Å². The molecule has 102 valence electrons. The fourth-order valence-corrected chi connectivity index (χ4v) is 2.25. The van der Waals surface area contributed by atoms with Crippen molar-refractivity contribution in [1.29, 1.82) is 0 Å². The molecule has 0 aromatic heterocycles. The highest BCUT2D eigenvalue weighted by Gasteiger charge is 2.30. The average molecular weight is 303 g/mol. The van der Waals surface area contributed by atoms with Crippen LogP contribution in [-0.4, -0.2) is 22.8 Å². The molecule has 1 N–H and O–H groups in total. The van der Waals surface area contributed by atoms with E-state index < -0.39 is 10.8 Å². The molecule has 1 atom stereocenters. The van der Waals surface area contributed by atoms with E-state index in [-0.39, 0.29) is 21.7 Å². The number of hydrogen-bond donors (Lipinski definition) is 1. The van der Waals surface area contributed by atoms with Crippen LogP contribution in [0.5, 0.6) is 0 Å². The van der Waals surface area contributed by atoms with Crippen molar-refractivity contribution in [3.8, 4) is 0 Å². The standard InChI is InChI=1S/C12H12Cl2N2O3/c13-8-3-4-9(11(5-8)16(18)19)12(17)15-6-10(14)7-1-2-7/h3-5,7,10H,1-2,6H2,(H,15,17). The van der Waals surface area contributed by atoms with Crippen LogP contribution in [0.4, 0.5) is 5.69 Å². The molecule has 0 bridgehead atoms. The molecule has 1 unspecified atom stereocenters. The maximum absolute atomic E-state index is 11.9. The topological polar surface area (TPSA) is 72.2 Å². The molecule has 0 radical (unpaired) electrons. The third-order valence-corrected chi connectivity index (χ3v) is 3.74. The maximum atomic E-state index is 11.9. The first-order valence-corrected chi connectivity index (χ1v) is 6.66. The summed E-state index contributed by atoms with van der Waals surface area (Å²) in [6.45, 7) is 0.310. The van der Waals surface area contributed by atoms with E-state index in [1.54, 1.807) is 0 Å². The lowest BCUT2D eigenvalue weighted by Gasteiger charge is -2.10. The fraction of sp³-hybridized carbons (Fsp3) is 0.417. The van der Waals surface area contributed by atoms with Gasteiger partial charge in [-0.25, -0.2) is 0 Å². The lowest BCUT2D eigenvalue weighted by Crippen LogP contribution is -2.31. The Morgan fingerprint density at radius 2 is 2.21 bits per heavy atom. The van der Waals surface area contributed by atoms with E-state index in [4.69, 9.17) is 23.2 Å². The number of nitrogens with one attached hydrogen (secondary N) is 1. The predicted octanol–water partition coefficient (Wildman–Crippen LogP) is 3.00. The minimum absolute atomic E-state index is 0.00550. The molecular weight excluding hydrogens is 291 g/mol. The molecule has 1 aliphatic carbocycles. The van der Waals surface area contributed by atoms with Gasteiger partial charge >= 0.3 is 0 Å². The van der Waals surface area contributed by atoms with Gasteiger partial charge in [0.25, 0.3) is 11.6 Å². The van der Waals surface area contributed by atoms with Gasteiger partial charge < -0.3 is 5.32 Å². The number of nitrogens with zero attached hydrogens (tertiary/aromatic N) is 1. The minimum atomic E-state index is -0.625. The second-order valence-electron chi connectivity index (χ2n) is 4.48. The monoisotopic (exact) mass is 302 g/mol. The Hall–Kier alpha value is -1.33. The van der Waals surface area contributed by atoms with E-state index in [1.165, 1.54) is 12.1 Å². The Balaban J connectivity index is 2.07. The minimum Gasteiger partial charge on any atom is -0.350 e. The van der Waals surface area contributed by atoms with Gasteiger partial charge in [-0.05, 0) is 30.9 Å². The van der Waals surface area contributed by atoms with Crippen LogP contribution in [-0.2, 0) is 0 Å². The predicted molar refractivity (Wildman–Crippen MR) is 72.8 cm³/mol. The molecule has 0 heterocycles. The molecule has 1 aromatic carbocycles. The summed E-state index contributed by atoms with van der Waals surface area (Å²) in [5.41, 5.74) is -0.309. The van der Waals surface area contributed by atoms with Crippen LogP contribution < -0.4 is 5.32 Å². The van der Waals surface area contributed by atoms with E-state index in [2.05, 4.69) is 5.32 Å². The zero-order valence-corrected chi connectivity index (χ0v) is 11.4. The van der Waals surface area contributed by atoms with Crippen LogP contribution in [0.3, 0.4) is 0 Å². The van der Waals surface area contributed by atoms with E-state index in [0.29, 0.717) is 12.5 Å². The summed E-state index contributed by atoms with van der Waals surface area (Å²) >= 11 is 11.8. The van der Waals surface area contributed by atoms with Crippen LogP contribution in [0, 0.1) is 16.0 Å². The highest BCUT2D eigenvalue weighted by molar-refractivity contribution is 6.31. The summed E-state index contributed by atoms with van der Waals surface area (Å²) in [5, 5.41) is 13.6. The van der Waals surface area contributed by atoms with Gasteiger partial charge in [-0.15, -0.1) is 11.6 Å². The lowest BCUT2D eigenvalue weighted by molar-refractivity contribution is -0.385. The first kappa shape index (κ1) is 14.1. The quantitative estimate of drug-likeness (QED) is 0.516. The Morgan fingerprint density at radius 1 is 1.53 bits per heavy atom. The molecule has 7 heteroatoms. The van der Waals surface area contributed by atoms with Crippen molar-refractivity contribution < 1.29 is 9.72 Å². The summed E-state index contributed by atoms with van der Waals surface area (Å²) in [6.07, 6.45) is 2.15. The first-order chi connectivity index (χ1) is 8.99. The number of nitro groups is 1. The number of nitro benzene ring substituents is 1. The highest BCUT2D eigenvalue weighted by Crippen LogP contribution is 2.35. The van der Waals surface area contributed by atoms with Crippen LogP contribution in [0.25, 0.3) is 0 Å². The number of benzene rings is 1. The van der Waals surface area contributed by atoms with Crippen molar-refractivity contribution in [2.24, 2.45) is 5.92 Å². The van der Waals surface area contributed by atoms with Crippen molar-refractivity contribution in [3.05, 3.63) is 38.9 Å². The van der Waals surface area contributed by atoms with Gasteiger partial charge in [-0.2, -0.15) is 0 Å². The third-order valence-electron chi connectivity index (χ3n) is 2.99. The van der Waals surface area contributed by atoms with Gasteiger partial charge in [0, 0.05) is 17.6 Å². The number of carbonyl (C=O) groups is 1. The van der Waals surface area contributed by atoms with Crippen LogP contribution in [0.1, 0.15) is 23.2 Å². The molecule has 1 aliphatic rings. The molecule has 19 heavy (non-hydrogen) atoms. The van der Waals surface area contributed by atoms with Crippen molar-refractivity contribution in [3.63, 3.8) is 0 Å². The molecule has 1 aromatic rings. The second kappa shape index (κ2) is 5.75. The second-order valence-corrected chi connectivity index (χ2v) is 5.48. The fourth-order valence-electron chi connectivity index (χ4n) is 1.76. The molecule has 1 amide bonds. The van der Waals surface area contributed by atoms with E-state index in [0.717, 1.165) is 18.9 Å². The third kappa shape index (κ3) is 3.58. The number of rotatable bonds is 5. The Morgan fingerprint density at radius 3 is 2.79 bits per heavy atom. The molecule has 1 fully saturated rings. The summed E-state index contributed by atoms with van der Waals surface area (Å²) in [5.74, 6) is -0.0585. The van der Waals surface area contributed by atoms with Gasteiger partial charge in [-0.1, -0.05) is 11.6 Å². The van der Waals surface area contributed by atoms with Gasteiger partial charge in [-0.3, -0.25) is 14.9 Å². The van der Waals surface area contributed by atoms with Gasteiger partial charge in [0.2, 0.25) is 0 Å². The largest absolute Gasteiger partial charge is 0.350 e. The van der Waals surface area contributed by atoms with E-state index in [1.807, 2.05) is 0 Å². The molecule has 0 saturated heterocycles. The summed E-state index contributed by atoms with van der Waals surface area (Å²) in [6, 6.07) is 3.95. The molecular formula is C12H12Cl2N2O3. The van der Waals surface area contributed by atoms with Gasteiger partial charge in [0.05, 0.1) is 10.3 Å². The Labute approximate surface area is 120 Å². The number of carbonyl (C=O) groups excluding carboxylic acids is 1. The van der Waals surface area contributed by atoms with Crippen LogP contribution >= 0.6 is 23.2 Å². The maximum Gasteiger partial charge on any atom is 0.283 e. The SMILES string of the molecule is O=C(NCC(Cl)C1CC1)c1ccc(Cl)cc1[N+](=O)[O-]. The average Bonchev–Trinajstić information content (AvgIpc) is 3.19. The molecule has 2 rings (SSSR count). The molecule has 1 saturated carbocycles. The summed E-state index contributed by atoms with van der Waals surface area (Å²) in [4.78, 5) is 22.2. The Bertz CT molecular complexity index is 518. The van der Waals surface area contributed by atoms with Crippen LogP contribution in [0.2, 0.25) is 5.02 Å². The molecule has 0 aliphatic heterocycles. The van der Waals surface area contributed by atoms with E-state index >= 15 is 0 Å². The van der Waals surface area contributed by atoms with E-state index in [9.17, 15) is 14.9 Å². The lowest BCUT2D eigenvalue weighted by atomic mass is 10.1. The number of alkyl halides is 1. The zero-order valence-electron chi connectivity index (χ0n) is 9.94. The molecule has 0 spiro atoms.